The second-order valence-electron chi connectivity index (χ2n) is 3.46. The number of para-hydroxylation sites is 1. The average molecular weight is 231 g/mol. The van der Waals surface area contributed by atoms with Crippen molar-refractivity contribution < 1.29 is 9.53 Å². The highest BCUT2D eigenvalue weighted by Crippen LogP contribution is 2.10. The van der Waals surface area contributed by atoms with E-state index in [-0.39, 0.29) is 0 Å². The number of hydrogen-bond donors (Lipinski definition) is 2. The van der Waals surface area contributed by atoms with Gasteiger partial charge in [-0.1, -0.05) is 25.1 Å². The van der Waals surface area contributed by atoms with Crippen LogP contribution in [0.5, 0.6) is 5.75 Å². The van der Waals surface area contributed by atoms with Crippen LogP contribution >= 0.6 is 0 Å². The highest BCUT2D eigenvalue weighted by Gasteiger charge is 2.07. The molecular weight excluding hydrogens is 218 g/mol. The Morgan fingerprint density at radius 3 is 2.82 bits per heavy atom. The first-order valence-corrected chi connectivity index (χ1v) is 5.36. The van der Waals surface area contributed by atoms with Crippen LogP contribution in [0.1, 0.15) is 12.6 Å². The SMILES string of the molecule is CCc1cc(NC(=O)Oc2ccccc2)n[nH]1. The van der Waals surface area contributed by atoms with Gasteiger partial charge in [0.1, 0.15) is 5.75 Å². The van der Waals surface area contributed by atoms with E-state index in [9.17, 15) is 4.79 Å². The molecule has 0 saturated heterocycles. The van der Waals surface area contributed by atoms with Crippen LogP contribution in [-0.4, -0.2) is 16.3 Å². The lowest BCUT2D eigenvalue weighted by molar-refractivity contribution is 0.215. The zero-order chi connectivity index (χ0) is 12.1. The van der Waals surface area contributed by atoms with Gasteiger partial charge in [-0.05, 0) is 18.6 Å². The second kappa shape index (κ2) is 5.16. The number of ether oxygens (including phenoxy) is 1. The molecular formula is C12H13N3O2. The predicted molar refractivity (Wildman–Crippen MR) is 64.1 cm³/mol. The summed E-state index contributed by atoms with van der Waals surface area (Å²) in [5.74, 6) is 0.957. The number of amides is 1. The highest BCUT2D eigenvalue weighted by atomic mass is 16.6. The van der Waals surface area contributed by atoms with E-state index >= 15 is 0 Å². The summed E-state index contributed by atoms with van der Waals surface area (Å²) in [6, 6.07) is 10.6. The van der Waals surface area contributed by atoms with Crippen molar-refractivity contribution in [2.45, 2.75) is 13.3 Å². The molecule has 1 aromatic heterocycles. The van der Waals surface area contributed by atoms with Gasteiger partial charge in [0.05, 0.1) is 0 Å². The molecule has 0 spiro atoms. The molecule has 0 bridgehead atoms. The Hall–Kier alpha value is -2.30. The Bertz CT molecular complexity index is 493. The molecule has 2 N–H and O–H groups in total. The molecule has 0 aliphatic carbocycles. The van der Waals surface area contributed by atoms with Crippen molar-refractivity contribution in [3.05, 3.63) is 42.1 Å². The van der Waals surface area contributed by atoms with E-state index < -0.39 is 6.09 Å². The van der Waals surface area contributed by atoms with Crippen molar-refractivity contribution in [1.82, 2.24) is 10.2 Å². The molecule has 2 rings (SSSR count). The topological polar surface area (TPSA) is 67.0 Å². The fourth-order valence-electron chi connectivity index (χ4n) is 1.33. The fourth-order valence-corrected chi connectivity index (χ4v) is 1.33. The summed E-state index contributed by atoms with van der Waals surface area (Å²) in [5.41, 5.74) is 0.958. The standard InChI is InChI=1S/C12H13N3O2/c1-2-9-8-11(15-14-9)13-12(16)17-10-6-4-3-5-7-10/h3-8H,2H2,1H3,(H2,13,14,15,16). The largest absolute Gasteiger partial charge is 0.418 e. The monoisotopic (exact) mass is 231 g/mol. The van der Waals surface area contributed by atoms with Crippen LogP contribution in [0.4, 0.5) is 10.6 Å². The van der Waals surface area contributed by atoms with E-state index in [0.717, 1.165) is 12.1 Å². The van der Waals surface area contributed by atoms with Gasteiger partial charge >= 0.3 is 6.09 Å². The lowest BCUT2D eigenvalue weighted by Crippen LogP contribution is -2.16. The summed E-state index contributed by atoms with van der Waals surface area (Å²) in [6.07, 6.45) is 0.285. The zero-order valence-electron chi connectivity index (χ0n) is 9.43. The molecule has 0 fully saturated rings. The van der Waals surface area contributed by atoms with Crippen LogP contribution in [0, 0.1) is 0 Å². The van der Waals surface area contributed by atoms with Crippen molar-refractivity contribution in [2.24, 2.45) is 0 Å². The third kappa shape index (κ3) is 3.07. The Kier molecular flexibility index (Phi) is 3.40. The molecule has 5 nitrogen and oxygen atoms in total. The van der Waals surface area contributed by atoms with E-state index in [1.54, 1.807) is 30.3 Å². The minimum atomic E-state index is -0.551. The van der Waals surface area contributed by atoms with Crippen molar-refractivity contribution >= 4 is 11.9 Å². The van der Waals surface area contributed by atoms with Crippen molar-refractivity contribution in [3.63, 3.8) is 0 Å². The molecule has 0 unspecified atom stereocenters. The minimum Gasteiger partial charge on any atom is -0.410 e. The van der Waals surface area contributed by atoms with E-state index in [1.165, 1.54) is 0 Å². The number of nitrogens with one attached hydrogen (secondary N) is 2. The Morgan fingerprint density at radius 1 is 1.41 bits per heavy atom. The summed E-state index contributed by atoms with van der Waals surface area (Å²) in [6.45, 7) is 2.00. The van der Waals surface area contributed by atoms with Gasteiger partial charge in [0, 0.05) is 11.8 Å². The lowest BCUT2D eigenvalue weighted by Gasteiger charge is -2.03. The average Bonchev–Trinajstić information content (AvgIpc) is 2.78. The molecule has 5 heteroatoms. The maximum absolute atomic E-state index is 11.5. The molecule has 0 saturated carbocycles. The number of hydrogen-bond acceptors (Lipinski definition) is 3. The number of rotatable bonds is 3. The minimum absolute atomic E-state index is 0.461. The number of carbonyl (C=O) groups excluding carboxylic acids is 1. The van der Waals surface area contributed by atoms with Crippen molar-refractivity contribution in [1.29, 1.82) is 0 Å². The van der Waals surface area contributed by atoms with Gasteiger partial charge in [0.2, 0.25) is 0 Å². The van der Waals surface area contributed by atoms with Gasteiger partial charge in [-0.15, -0.1) is 0 Å². The maximum atomic E-state index is 11.5. The Morgan fingerprint density at radius 2 is 2.18 bits per heavy atom. The van der Waals surface area contributed by atoms with Gasteiger partial charge in [-0.25, -0.2) is 4.79 Å². The van der Waals surface area contributed by atoms with Gasteiger partial charge in [0.25, 0.3) is 0 Å². The number of aryl methyl sites for hydroxylation is 1. The molecule has 88 valence electrons. The zero-order valence-corrected chi connectivity index (χ0v) is 9.43. The Labute approximate surface area is 98.8 Å². The first kappa shape index (κ1) is 11.2. The normalized spacial score (nSPS) is 9.94. The van der Waals surface area contributed by atoms with Gasteiger partial charge in [0.15, 0.2) is 5.82 Å². The summed E-state index contributed by atoms with van der Waals surface area (Å²) >= 11 is 0. The van der Waals surface area contributed by atoms with Crippen LogP contribution in [0.3, 0.4) is 0 Å². The quantitative estimate of drug-likeness (QED) is 0.853. The van der Waals surface area contributed by atoms with Crippen molar-refractivity contribution in [2.75, 3.05) is 5.32 Å². The maximum Gasteiger partial charge on any atom is 0.418 e. The van der Waals surface area contributed by atoms with Crippen LogP contribution in [-0.2, 0) is 6.42 Å². The fraction of sp³-hybridized carbons (Fsp3) is 0.167. The smallest absolute Gasteiger partial charge is 0.410 e. The molecule has 1 heterocycles. The van der Waals surface area contributed by atoms with Crippen LogP contribution < -0.4 is 10.1 Å². The van der Waals surface area contributed by atoms with E-state index in [1.807, 2.05) is 13.0 Å². The van der Waals surface area contributed by atoms with E-state index in [0.29, 0.717) is 11.6 Å². The number of aromatic nitrogens is 2. The van der Waals surface area contributed by atoms with E-state index in [2.05, 4.69) is 15.5 Å². The molecule has 0 aliphatic rings. The number of H-pyrrole nitrogens is 1. The van der Waals surface area contributed by atoms with Gasteiger partial charge in [-0.3, -0.25) is 10.4 Å². The molecule has 0 aliphatic heterocycles. The number of aromatic amines is 1. The molecule has 2 aromatic rings. The molecule has 0 atom stereocenters. The third-order valence-corrected chi connectivity index (χ3v) is 2.20. The van der Waals surface area contributed by atoms with Crippen LogP contribution in [0.25, 0.3) is 0 Å². The van der Waals surface area contributed by atoms with E-state index in [4.69, 9.17) is 4.74 Å². The van der Waals surface area contributed by atoms with Gasteiger partial charge < -0.3 is 4.74 Å². The number of carbonyl (C=O) groups is 1. The Balaban J connectivity index is 1.93. The summed E-state index contributed by atoms with van der Waals surface area (Å²) in [7, 11) is 0. The predicted octanol–water partition coefficient (Wildman–Crippen LogP) is 2.58. The van der Waals surface area contributed by atoms with Gasteiger partial charge in [-0.2, -0.15) is 5.10 Å². The molecule has 1 amide bonds. The lowest BCUT2D eigenvalue weighted by atomic mass is 10.3. The first-order chi connectivity index (χ1) is 8.28. The van der Waals surface area contributed by atoms with Crippen molar-refractivity contribution in [3.8, 4) is 5.75 Å². The first-order valence-electron chi connectivity index (χ1n) is 5.36. The summed E-state index contributed by atoms with van der Waals surface area (Å²) < 4.78 is 5.06. The van der Waals surface area contributed by atoms with Crippen LogP contribution in [0.2, 0.25) is 0 Å². The molecule has 1 aromatic carbocycles. The highest BCUT2D eigenvalue weighted by molar-refractivity contribution is 5.85. The molecule has 17 heavy (non-hydrogen) atoms. The number of anilines is 1. The number of benzene rings is 1. The summed E-state index contributed by atoms with van der Waals surface area (Å²) in [4.78, 5) is 11.5. The number of nitrogens with zero attached hydrogens (tertiary/aromatic N) is 1. The second-order valence-corrected chi connectivity index (χ2v) is 3.46. The molecule has 0 radical (unpaired) electrons. The van der Waals surface area contributed by atoms with Crippen LogP contribution in [0.15, 0.2) is 36.4 Å². The third-order valence-electron chi connectivity index (χ3n) is 2.20. The summed E-state index contributed by atoms with van der Waals surface area (Å²) in [5, 5.41) is 9.28.